The third-order valence-corrected chi connectivity index (χ3v) is 6.94. The van der Waals surface area contributed by atoms with Gasteiger partial charge in [0.15, 0.2) is 0 Å². The van der Waals surface area contributed by atoms with Gasteiger partial charge in [0.1, 0.15) is 24.4 Å². The van der Waals surface area contributed by atoms with Crippen molar-refractivity contribution in [1.82, 2.24) is 15.5 Å². The number of carbonyl (C=O) groups excluding carboxylic acids is 3. The van der Waals surface area contributed by atoms with Crippen LogP contribution in [0.2, 0.25) is 0 Å². The molecule has 1 aromatic rings. The summed E-state index contributed by atoms with van der Waals surface area (Å²) in [4.78, 5) is 41.6. The van der Waals surface area contributed by atoms with E-state index in [1.54, 1.807) is 23.1 Å². The van der Waals surface area contributed by atoms with Gasteiger partial charge in [-0.3, -0.25) is 14.4 Å². The number of fused-ring (bicyclic) bond motifs is 1. The van der Waals surface area contributed by atoms with Gasteiger partial charge in [0.05, 0.1) is 18.6 Å². The second-order valence-electron chi connectivity index (χ2n) is 9.53. The lowest BCUT2D eigenvalue weighted by atomic mass is 9.92. The monoisotopic (exact) mass is 503 g/mol. The standard InChI is InChI=1S/C26H41N5O5/c27-11-4-1-2-6-13-29-24(33)20-17-22-25(34)30-21(10-3-5-12-28)26(35)31(22)23(20)18-8-7-9-19(16-18)36-15-14-32/h7-9,16,20-23,32H,1-6,10-15,17,27-28H2,(H,29,33)(H,30,34)/t20-,21+,22-,23-/m1/s1. The second kappa shape index (κ2) is 14.2. The van der Waals surface area contributed by atoms with Gasteiger partial charge in [0.2, 0.25) is 17.7 Å². The Hall–Kier alpha value is -2.69. The number of benzene rings is 1. The molecule has 200 valence electrons. The summed E-state index contributed by atoms with van der Waals surface area (Å²) in [5.41, 5.74) is 11.9. The summed E-state index contributed by atoms with van der Waals surface area (Å²) in [6, 6.07) is 5.31. The Kier molecular flexibility index (Phi) is 11.0. The maximum Gasteiger partial charge on any atom is 0.246 e. The predicted octanol–water partition coefficient (Wildman–Crippen LogP) is 0.579. The van der Waals surface area contributed by atoms with E-state index < -0.39 is 24.0 Å². The highest BCUT2D eigenvalue weighted by atomic mass is 16.5. The molecule has 0 bridgehead atoms. The number of aliphatic hydroxyl groups is 1. The van der Waals surface area contributed by atoms with Crippen LogP contribution < -0.4 is 26.8 Å². The Morgan fingerprint density at radius 1 is 1.11 bits per heavy atom. The Labute approximate surface area is 213 Å². The van der Waals surface area contributed by atoms with Crippen LogP contribution in [0.4, 0.5) is 0 Å². The maximum atomic E-state index is 13.6. The minimum absolute atomic E-state index is 0.124. The molecule has 3 amide bonds. The molecule has 36 heavy (non-hydrogen) atoms. The van der Waals surface area contributed by atoms with E-state index in [4.69, 9.17) is 21.3 Å². The fraction of sp³-hybridized carbons (Fsp3) is 0.654. The van der Waals surface area contributed by atoms with Crippen LogP contribution in [-0.2, 0) is 14.4 Å². The van der Waals surface area contributed by atoms with Gasteiger partial charge in [0.25, 0.3) is 0 Å². The number of piperazine rings is 1. The number of nitrogens with two attached hydrogens (primary N) is 2. The molecule has 0 aromatic heterocycles. The molecule has 0 unspecified atom stereocenters. The van der Waals surface area contributed by atoms with E-state index >= 15 is 0 Å². The Morgan fingerprint density at radius 2 is 1.86 bits per heavy atom. The topological polar surface area (TPSA) is 160 Å². The number of hydrogen-bond donors (Lipinski definition) is 5. The molecular formula is C26H41N5O5. The molecule has 4 atom stereocenters. The molecule has 2 fully saturated rings. The van der Waals surface area contributed by atoms with Gasteiger partial charge < -0.3 is 36.8 Å². The predicted molar refractivity (Wildman–Crippen MR) is 136 cm³/mol. The average Bonchev–Trinajstić information content (AvgIpc) is 3.30. The van der Waals surface area contributed by atoms with Crippen molar-refractivity contribution in [1.29, 1.82) is 0 Å². The fourth-order valence-electron chi connectivity index (χ4n) is 5.15. The average molecular weight is 504 g/mol. The van der Waals surface area contributed by atoms with Gasteiger partial charge in [0, 0.05) is 6.54 Å². The number of amides is 3. The third kappa shape index (κ3) is 6.96. The highest BCUT2D eigenvalue weighted by Gasteiger charge is 2.54. The number of hydrogen-bond acceptors (Lipinski definition) is 7. The molecule has 10 nitrogen and oxygen atoms in total. The van der Waals surface area contributed by atoms with Crippen LogP contribution in [0.25, 0.3) is 0 Å². The molecule has 0 aliphatic carbocycles. The van der Waals surface area contributed by atoms with Crippen LogP contribution in [0.1, 0.15) is 63.0 Å². The van der Waals surface area contributed by atoms with Gasteiger partial charge in [-0.25, -0.2) is 0 Å². The summed E-state index contributed by atoms with van der Waals surface area (Å²) < 4.78 is 5.58. The first kappa shape index (κ1) is 27.9. The molecular weight excluding hydrogens is 462 g/mol. The lowest BCUT2D eigenvalue weighted by molar-refractivity contribution is -0.149. The first-order valence-electron chi connectivity index (χ1n) is 13.2. The summed E-state index contributed by atoms with van der Waals surface area (Å²) in [5.74, 6) is -0.570. The molecule has 0 radical (unpaired) electrons. The van der Waals surface area contributed by atoms with E-state index in [1.165, 1.54) is 0 Å². The van der Waals surface area contributed by atoms with E-state index in [0.717, 1.165) is 44.1 Å². The van der Waals surface area contributed by atoms with Gasteiger partial charge >= 0.3 is 0 Å². The molecule has 0 saturated carbocycles. The van der Waals surface area contributed by atoms with Gasteiger partial charge in [-0.1, -0.05) is 25.0 Å². The second-order valence-corrected chi connectivity index (χ2v) is 9.53. The summed E-state index contributed by atoms with van der Waals surface area (Å²) in [6.45, 7) is 1.75. The van der Waals surface area contributed by atoms with Crippen molar-refractivity contribution in [3.63, 3.8) is 0 Å². The first-order valence-corrected chi connectivity index (χ1v) is 13.2. The fourth-order valence-corrected chi connectivity index (χ4v) is 5.15. The summed E-state index contributed by atoms with van der Waals surface area (Å²) in [6.07, 6.45) is 6.10. The van der Waals surface area contributed by atoms with Gasteiger partial charge in [-0.05, 0) is 69.3 Å². The number of ether oxygens (including phenoxy) is 1. The minimum atomic E-state index is -0.699. The van der Waals surface area contributed by atoms with Crippen LogP contribution in [0.5, 0.6) is 5.75 Å². The van der Waals surface area contributed by atoms with Crippen molar-refractivity contribution < 1.29 is 24.2 Å². The number of aliphatic hydroxyl groups excluding tert-OH is 1. The minimum Gasteiger partial charge on any atom is -0.491 e. The SMILES string of the molecule is NCCCCCCNC(=O)[C@@H]1C[C@@H]2C(=O)N[C@@H](CCCCN)C(=O)N2[C@@H]1c1cccc(OCCO)c1. The highest BCUT2D eigenvalue weighted by molar-refractivity contribution is 5.99. The molecule has 3 rings (SSSR count). The summed E-state index contributed by atoms with van der Waals surface area (Å²) in [5, 5.41) is 15.0. The van der Waals surface area contributed by atoms with E-state index in [-0.39, 0.29) is 37.4 Å². The third-order valence-electron chi connectivity index (χ3n) is 6.94. The Bertz CT molecular complexity index is 882. The summed E-state index contributed by atoms with van der Waals surface area (Å²) in [7, 11) is 0. The van der Waals surface area contributed by atoms with Crippen molar-refractivity contribution in [2.45, 2.75) is 69.5 Å². The molecule has 2 heterocycles. The van der Waals surface area contributed by atoms with Crippen molar-refractivity contribution in [2.24, 2.45) is 17.4 Å². The van der Waals surface area contributed by atoms with Crippen LogP contribution >= 0.6 is 0 Å². The number of unbranched alkanes of at least 4 members (excludes halogenated alkanes) is 4. The molecule has 1 aromatic carbocycles. The van der Waals surface area contributed by atoms with Crippen molar-refractivity contribution in [2.75, 3.05) is 32.8 Å². The zero-order valence-corrected chi connectivity index (χ0v) is 21.0. The van der Waals surface area contributed by atoms with Crippen LogP contribution in [0.3, 0.4) is 0 Å². The number of carbonyl (C=O) groups is 3. The van der Waals surface area contributed by atoms with Crippen molar-refractivity contribution in [3.8, 4) is 5.75 Å². The normalized spacial score (nSPS) is 23.4. The molecule has 7 N–H and O–H groups in total. The molecule has 2 saturated heterocycles. The van der Waals surface area contributed by atoms with Crippen molar-refractivity contribution in [3.05, 3.63) is 29.8 Å². The van der Waals surface area contributed by atoms with E-state index in [1.807, 2.05) is 6.07 Å². The van der Waals surface area contributed by atoms with E-state index in [2.05, 4.69) is 10.6 Å². The first-order chi connectivity index (χ1) is 17.5. The van der Waals surface area contributed by atoms with Crippen LogP contribution in [0, 0.1) is 5.92 Å². The van der Waals surface area contributed by atoms with Crippen molar-refractivity contribution >= 4 is 17.7 Å². The summed E-state index contributed by atoms with van der Waals surface area (Å²) >= 11 is 0. The van der Waals surface area contributed by atoms with Gasteiger partial charge in [-0.2, -0.15) is 0 Å². The number of nitrogens with one attached hydrogen (secondary N) is 2. The molecule has 0 spiro atoms. The zero-order valence-electron chi connectivity index (χ0n) is 21.0. The lowest BCUT2D eigenvalue weighted by Crippen LogP contribution is -2.61. The largest absolute Gasteiger partial charge is 0.491 e. The van der Waals surface area contributed by atoms with E-state index in [9.17, 15) is 14.4 Å². The lowest BCUT2D eigenvalue weighted by Gasteiger charge is -2.38. The maximum absolute atomic E-state index is 13.6. The van der Waals surface area contributed by atoms with Crippen LogP contribution in [0.15, 0.2) is 24.3 Å². The van der Waals surface area contributed by atoms with Crippen LogP contribution in [-0.4, -0.2) is 72.7 Å². The highest BCUT2D eigenvalue weighted by Crippen LogP contribution is 2.44. The molecule has 10 heteroatoms. The van der Waals surface area contributed by atoms with E-state index in [0.29, 0.717) is 31.8 Å². The Morgan fingerprint density at radius 3 is 2.61 bits per heavy atom. The molecule has 2 aliphatic rings. The molecule has 2 aliphatic heterocycles. The van der Waals surface area contributed by atoms with Gasteiger partial charge in [-0.15, -0.1) is 0 Å². The number of rotatable bonds is 15. The number of nitrogens with zero attached hydrogens (tertiary/aromatic N) is 1. The Balaban J connectivity index is 1.82. The smallest absolute Gasteiger partial charge is 0.246 e. The zero-order chi connectivity index (χ0) is 25.9. The quantitative estimate of drug-likeness (QED) is 0.219.